The number of hydrogen-bond acceptors (Lipinski definition) is 6. The van der Waals surface area contributed by atoms with Gasteiger partial charge in [-0.25, -0.2) is 0 Å². The van der Waals surface area contributed by atoms with Crippen molar-refractivity contribution in [3.8, 4) is 0 Å². The van der Waals surface area contributed by atoms with Gasteiger partial charge in [0, 0.05) is 17.6 Å². The molecule has 2 rings (SSSR count). The molecular formula is C23H40N4S2. The number of thiophene rings is 2. The van der Waals surface area contributed by atoms with Crippen LogP contribution in [0.5, 0.6) is 0 Å². The molecule has 0 fully saturated rings. The molecule has 6 heteroatoms. The van der Waals surface area contributed by atoms with E-state index in [9.17, 15) is 0 Å². The molecule has 0 aromatic carbocycles. The fourth-order valence-corrected chi connectivity index (χ4v) is 4.89. The van der Waals surface area contributed by atoms with Crippen LogP contribution in [-0.2, 0) is 0 Å². The van der Waals surface area contributed by atoms with Crippen molar-refractivity contribution in [1.29, 1.82) is 0 Å². The second-order valence-corrected chi connectivity index (χ2v) is 9.24. The highest BCUT2D eigenvalue weighted by molar-refractivity contribution is 7.08. The molecule has 29 heavy (non-hydrogen) atoms. The minimum absolute atomic E-state index is 0.701. The molecule has 2 aromatic rings. The lowest BCUT2D eigenvalue weighted by Crippen LogP contribution is -2.20. The summed E-state index contributed by atoms with van der Waals surface area (Å²) in [5, 5.41) is 19.5. The molecule has 1 unspecified atom stereocenters. The molecule has 5 N–H and O–H groups in total. The quantitative estimate of drug-likeness (QED) is 0.227. The molecule has 0 radical (unpaired) electrons. The van der Waals surface area contributed by atoms with Gasteiger partial charge in [-0.1, -0.05) is 12.8 Å². The van der Waals surface area contributed by atoms with Crippen LogP contribution in [0.25, 0.3) is 0 Å². The summed E-state index contributed by atoms with van der Waals surface area (Å²) < 4.78 is 0. The van der Waals surface area contributed by atoms with Gasteiger partial charge in [-0.15, -0.1) is 0 Å². The smallest absolute Gasteiger partial charge is 0.0448 e. The van der Waals surface area contributed by atoms with Crippen molar-refractivity contribution >= 4 is 28.4 Å². The SMILES string of the molecule is NCCCCCNCCC(CCCCNCCCNc1ccsc1)c1ccsc1. The summed E-state index contributed by atoms with van der Waals surface area (Å²) >= 11 is 3.57. The van der Waals surface area contributed by atoms with Crippen LogP contribution in [0.3, 0.4) is 0 Å². The molecule has 0 amide bonds. The Hall–Kier alpha value is -0.920. The van der Waals surface area contributed by atoms with Gasteiger partial charge in [-0.2, -0.15) is 22.7 Å². The second kappa shape index (κ2) is 16.8. The Labute approximate surface area is 185 Å². The third kappa shape index (κ3) is 11.7. The predicted octanol–water partition coefficient (Wildman–Crippen LogP) is 5.26. The fourth-order valence-electron chi connectivity index (χ4n) is 3.53. The minimum Gasteiger partial charge on any atom is -0.384 e. The van der Waals surface area contributed by atoms with Gasteiger partial charge in [0.15, 0.2) is 0 Å². The Balaban J connectivity index is 1.48. The minimum atomic E-state index is 0.701. The van der Waals surface area contributed by atoms with Crippen molar-refractivity contribution in [2.45, 2.75) is 57.3 Å². The van der Waals surface area contributed by atoms with E-state index in [-0.39, 0.29) is 0 Å². The van der Waals surface area contributed by atoms with Gasteiger partial charge >= 0.3 is 0 Å². The first-order valence-electron chi connectivity index (χ1n) is 11.3. The molecule has 0 saturated carbocycles. The van der Waals surface area contributed by atoms with Crippen LogP contribution < -0.4 is 21.7 Å². The molecule has 0 aliphatic carbocycles. The zero-order valence-corrected chi connectivity index (χ0v) is 19.5. The standard InChI is InChI=1S/C23H40N4S2/c24-11-3-1-4-12-26-16-8-21(22-9-17-28-19-22)7-2-5-13-25-14-6-15-27-23-10-18-29-20-23/h9-10,17-21,25-27H,1-8,11-16,24H2. The van der Waals surface area contributed by atoms with Crippen molar-refractivity contribution in [2.24, 2.45) is 5.73 Å². The molecule has 4 nitrogen and oxygen atoms in total. The molecule has 164 valence electrons. The number of anilines is 1. The van der Waals surface area contributed by atoms with Crippen LogP contribution in [0.2, 0.25) is 0 Å². The third-order valence-corrected chi connectivity index (χ3v) is 6.66. The molecule has 1 atom stereocenters. The van der Waals surface area contributed by atoms with Crippen LogP contribution in [-0.4, -0.2) is 39.3 Å². The fraction of sp³-hybridized carbons (Fsp3) is 0.652. The maximum atomic E-state index is 5.55. The lowest BCUT2D eigenvalue weighted by Gasteiger charge is -2.16. The van der Waals surface area contributed by atoms with Gasteiger partial charge in [0.25, 0.3) is 0 Å². The van der Waals surface area contributed by atoms with Gasteiger partial charge in [0.2, 0.25) is 0 Å². The second-order valence-electron chi connectivity index (χ2n) is 7.68. The van der Waals surface area contributed by atoms with Crippen LogP contribution in [0.4, 0.5) is 5.69 Å². The van der Waals surface area contributed by atoms with E-state index in [0.29, 0.717) is 5.92 Å². The summed E-state index contributed by atoms with van der Waals surface area (Å²) in [6.07, 6.45) is 9.93. The Kier molecular flexibility index (Phi) is 14.1. The number of unbranched alkanes of at least 4 members (excludes halogenated alkanes) is 3. The normalized spacial score (nSPS) is 12.3. The van der Waals surface area contributed by atoms with E-state index in [1.165, 1.54) is 56.2 Å². The molecule has 0 saturated heterocycles. The monoisotopic (exact) mass is 436 g/mol. The highest BCUT2D eigenvalue weighted by atomic mass is 32.1. The van der Waals surface area contributed by atoms with Crippen LogP contribution in [0, 0.1) is 0 Å². The summed E-state index contributed by atoms with van der Waals surface area (Å²) in [6.45, 7) is 6.34. The zero-order chi connectivity index (χ0) is 20.4. The van der Waals surface area contributed by atoms with Gasteiger partial charge in [0.05, 0.1) is 0 Å². The molecule has 0 bridgehead atoms. The van der Waals surface area contributed by atoms with Crippen LogP contribution in [0.15, 0.2) is 33.7 Å². The molecular weight excluding hydrogens is 396 g/mol. The van der Waals surface area contributed by atoms with Crippen molar-refractivity contribution < 1.29 is 0 Å². The first-order valence-corrected chi connectivity index (χ1v) is 13.2. The summed E-state index contributed by atoms with van der Waals surface area (Å²) in [5.74, 6) is 0.701. The van der Waals surface area contributed by atoms with Crippen molar-refractivity contribution in [1.82, 2.24) is 10.6 Å². The number of hydrogen-bond donors (Lipinski definition) is 4. The van der Waals surface area contributed by atoms with Gasteiger partial charge < -0.3 is 21.7 Å². The Morgan fingerprint density at radius 1 is 0.724 bits per heavy atom. The van der Waals surface area contributed by atoms with Crippen LogP contribution >= 0.6 is 22.7 Å². The van der Waals surface area contributed by atoms with E-state index in [1.807, 2.05) is 11.3 Å². The topological polar surface area (TPSA) is 62.1 Å². The highest BCUT2D eigenvalue weighted by Crippen LogP contribution is 2.27. The number of nitrogens with two attached hydrogens (primary N) is 1. The molecule has 2 aromatic heterocycles. The Bertz CT molecular complexity index is 572. The summed E-state index contributed by atoms with van der Waals surface area (Å²) in [6, 6.07) is 4.45. The largest absolute Gasteiger partial charge is 0.384 e. The van der Waals surface area contributed by atoms with Crippen molar-refractivity contribution in [2.75, 3.05) is 44.6 Å². The van der Waals surface area contributed by atoms with E-state index in [1.54, 1.807) is 11.3 Å². The first kappa shape index (κ1) is 24.4. The molecule has 2 heterocycles. The van der Waals surface area contributed by atoms with E-state index in [0.717, 1.165) is 45.7 Å². The maximum absolute atomic E-state index is 5.55. The number of nitrogens with one attached hydrogen (secondary N) is 3. The van der Waals surface area contributed by atoms with E-state index in [2.05, 4.69) is 49.6 Å². The molecule has 0 aliphatic heterocycles. The Morgan fingerprint density at radius 2 is 1.48 bits per heavy atom. The first-order chi connectivity index (χ1) is 14.4. The maximum Gasteiger partial charge on any atom is 0.0448 e. The van der Waals surface area contributed by atoms with Crippen molar-refractivity contribution in [3.05, 3.63) is 39.2 Å². The van der Waals surface area contributed by atoms with Gasteiger partial charge in [-0.05, 0) is 111 Å². The summed E-state index contributed by atoms with van der Waals surface area (Å²) in [4.78, 5) is 0. The molecule has 0 spiro atoms. The molecule has 0 aliphatic rings. The summed E-state index contributed by atoms with van der Waals surface area (Å²) in [5.41, 5.74) is 8.34. The van der Waals surface area contributed by atoms with Gasteiger partial charge in [0.1, 0.15) is 0 Å². The van der Waals surface area contributed by atoms with Crippen molar-refractivity contribution in [3.63, 3.8) is 0 Å². The highest BCUT2D eigenvalue weighted by Gasteiger charge is 2.11. The average Bonchev–Trinajstić information content (AvgIpc) is 3.44. The Morgan fingerprint density at radius 3 is 2.24 bits per heavy atom. The van der Waals surface area contributed by atoms with Crippen LogP contribution in [0.1, 0.15) is 62.8 Å². The third-order valence-electron chi connectivity index (χ3n) is 5.28. The predicted molar refractivity (Wildman–Crippen MR) is 132 cm³/mol. The zero-order valence-electron chi connectivity index (χ0n) is 17.8. The van der Waals surface area contributed by atoms with E-state index >= 15 is 0 Å². The lowest BCUT2D eigenvalue weighted by molar-refractivity contribution is 0.498. The van der Waals surface area contributed by atoms with E-state index < -0.39 is 0 Å². The summed E-state index contributed by atoms with van der Waals surface area (Å²) in [7, 11) is 0. The average molecular weight is 437 g/mol. The van der Waals surface area contributed by atoms with E-state index in [4.69, 9.17) is 5.73 Å². The lowest BCUT2D eigenvalue weighted by atomic mass is 9.92. The number of rotatable bonds is 19. The van der Waals surface area contributed by atoms with Gasteiger partial charge in [-0.3, -0.25) is 0 Å².